The maximum atomic E-state index is 14.5. The zero-order chi connectivity index (χ0) is 28.8. The summed E-state index contributed by atoms with van der Waals surface area (Å²) in [7, 11) is 3.31. The van der Waals surface area contributed by atoms with Crippen molar-refractivity contribution in [3.63, 3.8) is 0 Å². The van der Waals surface area contributed by atoms with E-state index in [-0.39, 0.29) is 23.3 Å². The number of piperidine rings is 1. The zero-order valence-electron chi connectivity index (χ0n) is 24.7. The van der Waals surface area contributed by atoms with Crippen molar-refractivity contribution in [1.29, 1.82) is 0 Å². The Morgan fingerprint density at radius 3 is 2.44 bits per heavy atom. The summed E-state index contributed by atoms with van der Waals surface area (Å²) in [5.41, 5.74) is 1.21. The fourth-order valence-corrected chi connectivity index (χ4v) is 7.46. The van der Waals surface area contributed by atoms with E-state index in [1.807, 2.05) is 11.0 Å². The summed E-state index contributed by atoms with van der Waals surface area (Å²) in [6.07, 6.45) is 9.62. The highest BCUT2D eigenvalue weighted by molar-refractivity contribution is 6.31. The molecule has 0 N–H and O–H groups in total. The molecule has 0 unspecified atom stereocenters. The van der Waals surface area contributed by atoms with Gasteiger partial charge in [0.15, 0.2) is 11.5 Å². The van der Waals surface area contributed by atoms with E-state index in [4.69, 9.17) is 21.1 Å². The van der Waals surface area contributed by atoms with Crippen molar-refractivity contribution in [2.45, 2.75) is 69.2 Å². The first-order valence-electron chi connectivity index (χ1n) is 15.3. The number of methoxy groups -OCH3 is 2. The van der Waals surface area contributed by atoms with Crippen LogP contribution in [0.3, 0.4) is 0 Å². The number of hydrogen-bond acceptors (Lipinski definition) is 5. The smallest absolute Gasteiger partial charge is 0.227 e. The van der Waals surface area contributed by atoms with Crippen molar-refractivity contribution in [2.24, 2.45) is 0 Å². The molecule has 224 valence electrons. The highest BCUT2D eigenvalue weighted by Gasteiger charge is 2.40. The molecule has 1 amide bonds. The van der Waals surface area contributed by atoms with E-state index >= 15 is 0 Å². The number of piperazine rings is 1. The molecule has 2 saturated heterocycles. The molecule has 0 radical (unpaired) electrons. The van der Waals surface area contributed by atoms with Gasteiger partial charge in [-0.3, -0.25) is 9.69 Å². The van der Waals surface area contributed by atoms with Crippen molar-refractivity contribution in [2.75, 3.05) is 60.0 Å². The number of carbonyl (C=O) groups excluding carboxylic acids is 1. The molecule has 2 heterocycles. The average Bonchev–Trinajstić information content (AvgIpc) is 3.02. The van der Waals surface area contributed by atoms with Gasteiger partial charge in [0, 0.05) is 61.3 Å². The first kappa shape index (κ1) is 30.1. The van der Waals surface area contributed by atoms with Crippen LogP contribution in [0, 0.1) is 5.82 Å². The molecule has 3 fully saturated rings. The van der Waals surface area contributed by atoms with Crippen molar-refractivity contribution in [1.82, 2.24) is 14.7 Å². The molecule has 2 aromatic rings. The minimum absolute atomic E-state index is 0.0311. The third-order valence-electron chi connectivity index (χ3n) is 9.72. The Bertz CT molecular complexity index is 1160. The first-order chi connectivity index (χ1) is 19.9. The summed E-state index contributed by atoms with van der Waals surface area (Å²) < 4.78 is 25.7. The van der Waals surface area contributed by atoms with Crippen molar-refractivity contribution < 1.29 is 18.7 Å². The molecule has 41 heavy (non-hydrogen) atoms. The van der Waals surface area contributed by atoms with Gasteiger partial charge in [-0.1, -0.05) is 43.0 Å². The van der Waals surface area contributed by atoms with Gasteiger partial charge in [0.05, 0.1) is 20.6 Å². The molecule has 0 spiro atoms. The second-order valence-electron chi connectivity index (χ2n) is 12.1. The standard InChI is InChI=1S/C33H45ClFN3O3/c1-40-30-13-12-25(22-31(30)41-2)33(15-17-36-18-20-37(21-19-36)26-8-4-3-5-9-26)14-7-16-38(24-33)32(39)23-27-28(34)10-6-11-29(27)35/h6,10-13,22,26H,3-5,7-9,14-21,23-24H2,1-2H3/t33-/m1/s1. The summed E-state index contributed by atoms with van der Waals surface area (Å²) in [5, 5.41) is 0.300. The number of carbonyl (C=O) groups is 1. The van der Waals surface area contributed by atoms with Gasteiger partial charge < -0.3 is 19.3 Å². The largest absolute Gasteiger partial charge is 0.493 e. The molecule has 1 aliphatic carbocycles. The Balaban J connectivity index is 1.32. The van der Waals surface area contributed by atoms with Crippen LogP contribution in [0.2, 0.25) is 5.02 Å². The van der Waals surface area contributed by atoms with Crippen LogP contribution in [0.4, 0.5) is 4.39 Å². The SMILES string of the molecule is COc1ccc([C@@]2(CCN3CCN(C4CCCCC4)CC3)CCCN(C(=O)Cc3c(F)cccc3Cl)C2)cc1OC. The summed E-state index contributed by atoms with van der Waals surface area (Å²) in [5.74, 6) is 0.888. The molecule has 5 rings (SSSR count). The number of benzene rings is 2. The van der Waals surface area contributed by atoms with Gasteiger partial charge in [-0.2, -0.15) is 0 Å². The second-order valence-corrected chi connectivity index (χ2v) is 12.5. The molecule has 1 saturated carbocycles. The van der Waals surface area contributed by atoms with Gasteiger partial charge >= 0.3 is 0 Å². The van der Waals surface area contributed by atoms with Gasteiger partial charge in [-0.15, -0.1) is 0 Å². The van der Waals surface area contributed by atoms with E-state index in [9.17, 15) is 9.18 Å². The minimum Gasteiger partial charge on any atom is -0.493 e. The maximum absolute atomic E-state index is 14.5. The van der Waals surface area contributed by atoms with Crippen molar-refractivity contribution in [3.05, 3.63) is 58.4 Å². The predicted octanol–water partition coefficient (Wildman–Crippen LogP) is 5.94. The summed E-state index contributed by atoms with van der Waals surface area (Å²) in [6, 6.07) is 11.5. The number of rotatable bonds is 9. The summed E-state index contributed by atoms with van der Waals surface area (Å²) in [4.78, 5) is 20.8. The van der Waals surface area contributed by atoms with Crippen molar-refractivity contribution in [3.8, 4) is 11.5 Å². The fourth-order valence-electron chi connectivity index (χ4n) is 7.23. The lowest BCUT2D eigenvalue weighted by Gasteiger charge is -2.46. The van der Waals surface area contributed by atoms with Gasteiger partial charge in [0.2, 0.25) is 5.91 Å². The van der Waals surface area contributed by atoms with E-state index in [1.54, 1.807) is 26.4 Å². The van der Waals surface area contributed by atoms with Gasteiger partial charge in [-0.05, 0) is 68.5 Å². The molecule has 3 aliphatic rings. The topological polar surface area (TPSA) is 45.2 Å². The van der Waals surface area contributed by atoms with Crippen LogP contribution in [-0.2, 0) is 16.6 Å². The van der Waals surface area contributed by atoms with E-state index in [2.05, 4.69) is 21.9 Å². The molecule has 2 aliphatic heterocycles. The number of halogens is 2. The maximum Gasteiger partial charge on any atom is 0.227 e. The first-order valence-corrected chi connectivity index (χ1v) is 15.7. The van der Waals surface area contributed by atoms with Gasteiger partial charge in [0.1, 0.15) is 5.82 Å². The quantitative estimate of drug-likeness (QED) is 0.364. The molecule has 1 atom stereocenters. The Hall–Kier alpha value is -2.35. The Kier molecular flexibility index (Phi) is 10.1. The Morgan fingerprint density at radius 1 is 0.976 bits per heavy atom. The highest BCUT2D eigenvalue weighted by Crippen LogP contribution is 2.41. The third-order valence-corrected chi connectivity index (χ3v) is 10.1. The normalized spacial score (nSPS) is 23.0. The van der Waals surface area contributed by atoms with Crippen LogP contribution in [0.1, 0.15) is 62.5 Å². The molecule has 0 bridgehead atoms. The Labute approximate surface area is 249 Å². The summed E-state index contributed by atoms with van der Waals surface area (Å²) in [6.45, 7) is 6.70. The van der Waals surface area contributed by atoms with Crippen LogP contribution >= 0.6 is 11.6 Å². The second kappa shape index (κ2) is 13.7. The number of hydrogen-bond donors (Lipinski definition) is 0. The number of amides is 1. The minimum atomic E-state index is -0.429. The third kappa shape index (κ3) is 7.00. The van der Waals surface area contributed by atoms with Crippen LogP contribution in [0.5, 0.6) is 11.5 Å². The van der Waals surface area contributed by atoms with E-state index in [1.165, 1.54) is 38.2 Å². The van der Waals surface area contributed by atoms with E-state index in [0.717, 1.165) is 63.6 Å². The van der Waals surface area contributed by atoms with Gasteiger partial charge in [0.25, 0.3) is 0 Å². The average molecular weight is 586 g/mol. The number of nitrogens with zero attached hydrogens (tertiary/aromatic N) is 3. The Morgan fingerprint density at radius 2 is 1.73 bits per heavy atom. The molecule has 6 nitrogen and oxygen atoms in total. The lowest BCUT2D eigenvalue weighted by atomic mass is 9.71. The van der Waals surface area contributed by atoms with Gasteiger partial charge in [-0.25, -0.2) is 4.39 Å². The van der Waals surface area contributed by atoms with E-state index in [0.29, 0.717) is 29.6 Å². The van der Waals surface area contributed by atoms with E-state index < -0.39 is 5.82 Å². The molecular weight excluding hydrogens is 541 g/mol. The molecular formula is C33H45ClFN3O3. The highest BCUT2D eigenvalue weighted by atomic mass is 35.5. The molecule has 2 aromatic carbocycles. The molecule has 0 aromatic heterocycles. The summed E-state index contributed by atoms with van der Waals surface area (Å²) >= 11 is 6.28. The lowest BCUT2D eigenvalue weighted by molar-refractivity contribution is -0.133. The van der Waals surface area contributed by atoms with Crippen LogP contribution in [-0.4, -0.2) is 86.7 Å². The monoisotopic (exact) mass is 585 g/mol. The van der Waals surface area contributed by atoms with Crippen LogP contribution in [0.25, 0.3) is 0 Å². The lowest BCUT2D eigenvalue weighted by Crippen LogP contribution is -2.53. The molecule has 8 heteroatoms. The van der Waals surface area contributed by atoms with Crippen LogP contribution in [0.15, 0.2) is 36.4 Å². The fraction of sp³-hybridized carbons (Fsp3) is 0.606. The van der Waals surface area contributed by atoms with Crippen LogP contribution < -0.4 is 9.47 Å². The predicted molar refractivity (Wildman–Crippen MR) is 162 cm³/mol. The number of likely N-dealkylation sites (tertiary alicyclic amines) is 1. The zero-order valence-corrected chi connectivity index (χ0v) is 25.4. The number of ether oxygens (including phenoxy) is 2. The van der Waals surface area contributed by atoms with Crippen molar-refractivity contribution >= 4 is 17.5 Å².